The molecule has 0 fully saturated rings. The van der Waals surface area contributed by atoms with Crippen molar-refractivity contribution in [3.05, 3.63) is 35.7 Å². The first-order chi connectivity index (χ1) is 7.66. The van der Waals surface area contributed by atoms with E-state index in [1.165, 1.54) is 0 Å². The van der Waals surface area contributed by atoms with Crippen LogP contribution in [0, 0.1) is 6.92 Å². The van der Waals surface area contributed by atoms with E-state index in [0.29, 0.717) is 18.1 Å². The Morgan fingerprint density at radius 1 is 1.38 bits per heavy atom. The Hall–Kier alpha value is -1.68. The van der Waals surface area contributed by atoms with Gasteiger partial charge in [0.1, 0.15) is 0 Å². The molecule has 84 valence electrons. The largest absolute Gasteiger partial charge is 0.339 e. The molecule has 16 heavy (non-hydrogen) atoms. The second-order valence-electron chi connectivity index (χ2n) is 4.01. The number of rotatable bonds is 3. The summed E-state index contributed by atoms with van der Waals surface area (Å²) in [7, 11) is 0. The van der Waals surface area contributed by atoms with Crippen molar-refractivity contribution in [2.45, 2.75) is 26.3 Å². The van der Waals surface area contributed by atoms with E-state index in [2.05, 4.69) is 10.1 Å². The molecule has 1 aromatic heterocycles. The first-order valence-electron chi connectivity index (χ1n) is 5.31. The number of nitrogens with two attached hydrogens (primary N) is 1. The topological polar surface area (TPSA) is 64.9 Å². The first-order valence-corrected chi connectivity index (χ1v) is 5.31. The van der Waals surface area contributed by atoms with Crippen LogP contribution in [-0.2, 0) is 6.42 Å². The van der Waals surface area contributed by atoms with Crippen molar-refractivity contribution in [1.82, 2.24) is 10.1 Å². The summed E-state index contributed by atoms with van der Waals surface area (Å²) >= 11 is 0. The molecule has 0 saturated carbocycles. The van der Waals surface area contributed by atoms with Crippen molar-refractivity contribution in [2.75, 3.05) is 0 Å². The maximum atomic E-state index is 5.67. The van der Waals surface area contributed by atoms with E-state index in [1.807, 2.05) is 38.1 Å². The van der Waals surface area contributed by atoms with Crippen molar-refractivity contribution in [3.63, 3.8) is 0 Å². The van der Waals surface area contributed by atoms with Crippen LogP contribution in [-0.4, -0.2) is 16.2 Å². The van der Waals surface area contributed by atoms with Crippen LogP contribution < -0.4 is 5.73 Å². The summed E-state index contributed by atoms with van der Waals surface area (Å²) in [5.41, 5.74) is 7.81. The molecule has 1 unspecified atom stereocenters. The highest BCUT2D eigenvalue weighted by molar-refractivity contribution is 5.58. The molecule has 4 nitrogen and oxygen atoms in total. The minimum absolute atomic E-state index is 0.0326. The lowest BCUT2D eigenvalue weighted by Gasteiger charge is -1.98. The lowest BCUT2D eigenvalue weighted by atomic mass is 10.1. The van der Waals surface area contributed by atoms with Crippen LogP contribution in [0.15, 0.2) is 28.8 Å². The van der Waals surface area contributed by atoms with Crippen LogP contribution >= 0.6 is 0 Å². The quantitative estimate of drug-likeness (QED) is 0.853. The molecule has 0 aliphatic carbocycles. The average Bonchev–Trinajstić information content (AvgIpc) is 2.66. The highest BCUT2D eigenvalue weighted by Gasteiger charge is 2.11. The SMILES string of the molecule is Cc1ccccc1-c1noc(CC(C)N)n1. The number of aryl methyl sites for hydroxylation is 1. The molecule has 2 aromatic rings. The molecule has 1 heterocycles. The molecule has 1 atom stereocenters. The fourth-order valence-electron chi connectivity index (χ4n) is 1.55. The standard InChI is InChI=1S/C12H15N3O/c1-8-5-3-4-6-10(8)12-14-11(16-15-12)7-9(2)13/h3-6,9H,7,13H2,1-2H3. The van der Waals surface area contributed by atoms with Gasteiger partial charge in [-0.2, -0.15) is 4.98 Å². The fraction of sp³-hybridized carbons (Fsp3) is 0.333. The van der Waals surface area contributed by atoms with Gasteiger partial charge in [-0.15, -0.1) is 0 Å². The molecule has 0 aliphatic rings. The van der Waals surface area contributed by atoms with Crippen LogP contribution in [0.5, 0.6) is 0 Å². The van der Waals surface area contributed by atoms with Gasteiger partial charge >= 0.3 is 0 Å². The molecule has 2 rings (SSSR count). The molecule has 1 aromatic carbocycles. The summed E-state index contributed by atoms with van der Waals surface area (Å²) in [6, 6.07) is 7.99. The monoisotopic (exact) mass is 217 g/mol. The second-order valence-corrected chi connectivity index (χ2v) is 4.01. The Bertz CT molecular complexity index is 477. The van der Waals surface area contributed by atoms with E-state index >= 15 is 0 Å². The summed E-state index contributed by atoms with van der Waals surface area (Å²) in [6.45, 7) is 3.94. The van der Waals surface area contributed by atoms with E-state index in [9.17, 15) is 0 Å². The van der Waals surface area contributed by atoms with Gasteiger partial charge in [0.15, 0.2) is 0 Å². The van der Waals surface area contributed by atoms with E-state index in [4.69, 9.17) is 10.3 Å². The average molecular weight is 217 g/mol. The van der Waals surface area contributed by atoms with E-state index < -0.39 is 0 Å². The maximum absolute atomic E-state index is 5.67. The Morgan fingerprint density at radius 3 is 2.81 bits per heavy atom. The second kappa shape index (κ2) is 4.45. The molecule has 0 bridgehead atoms. The Kier molecular flexibility index (Phi) is 3.01. The van der Waals surface area contributed by atoms with Gasteiger partial charge in [-0.3, -0.25) is 0 Å². The van der Waals surface area contributed by atoms with Crippen molar-refractivity contribution in [2.24, 2.45) is 5.73 Å². The van der Waals surface area contributed by atoms with Crippen LogP contribution in [0.25, 0.3) is 11.4 Å². The van der Waals surface area contributed by atoms with Gasteiger partial charge in [0.25, 0.3) is 0 Å². The van der Waals surface area contributed by atoms with Crippen LogP contribution in [0.2, 0.25) is 0 Å². The molecule has 0 radical (unpaired) electrons. The van der Waals surface area contributed by atoms with Gasteiger partial charge in [-0.05, 0) is 19.4 Å². The molecule has 0 saturated heterocycles. The number of aromatic nitrogens is 2. The first kappa shape index (κ1) is 10.8. The van der Waals surface area contributed by atoms with Crippen molar-refractivity contribution in [1.29, 1.82) is 0 Å². The highest BCUT2D eigenvalue weighted by atomic mass is 16.5. The maximum Gasteiger partial charge on any atom is 0.228 e. The summed E-state index contributed by atoms with van der Waals surface area (Å²) in [5, 5.41) is 3.96. The van der Waals surface area contributed by atoms with Crippen molar-refractivity contribution in [3.8, 4) is 11.4 Å². The zero-order valence-electron chi connectivity index (χ0n) is 9.47. The van der Waals surface area contributed by atoms with Gasteiger partial charge in [0, 0.05) is 18.0 Å². The normalized spacial score (nSPS) is 12.7. The van der Waals surface area contributed by atoms with Gasteiger partial charge in [-0.1, -0.05) is 29.4 Å². The van der Waals surface area contributed by atoms with Crippen LogP contribution in [0.1, 0.15) is 18.4 Å². The van der Waals surface area contributed by atoms with E-state index in [1.54, 1.807) is 0 Å². The molecule has 2 N–H and O–H groups in total. The smallest absolute Gasteiger partial charge is 0.228 e. The Labute approximate surface area is 94.5 Å². The lowest BCUT2D eigenvalue weighted by molar-refractivity contribution is 0.372. The summed E-state index contributed by atoms with van der Waals surface area (Å²) in [5.74, 6) is 1.22. The molecular weight excluding hydrogens is 202 g/mol. The number of nitrogens with zero attached hydrogens (tertiary/aromatic N) is 2. The number of hydrogen-bond acceptors (Lipinski definition) is 4. The molecular formula is C12H15N3O. The third kappa shape index (κ3) is 2.28. The van der Waals surface area contributed by atoms with Crippen LogP contribution in [0.4, 0.5) is 0 Å². The van der Waals surface area contributed by atoms with Gasteiger partial charge < -0.3 is 10.3 Å². The minimum Gasteiger partial charge on any atom is -0.339 e. The predicted molar refractivity (Wildman–Crippen MR) is 61.8 cm³/mol. The van der Waals surface area contributed by atoms with E-state index in [0.717, 1.165) is 11.1 Å². The summed E-state index contributed by atoms with van der Waals surface area (Å²) in [4.78, 5) is 4.32. The third-order valence-corrected chi connectivity index (χ3v) is 2.35. The fourth-order valence-corrected chi connectivity index (χ4v) is 1.55. The Balaban J connectivity index is 2.28. The number of benzene rings is 1. The number of hydrogen-bond donors (Lipinski definition) is 1. The van der Waals surface area contributed by atoms with Crippen LogP contribution in [0.3, 0.4) is 0 Å². The highest BCUT2D eigenvalue weighted by Crippen LogP contribution is 2.19. The molecule has 0 aliphatic heterocycles. The molecule has 4 heteroatoms. The third-order valence-electron chi connectivity index (χ3n) is 2.35. The molecule has 0 amide bonds. The van der Waals surface area contributed by atoms with Gasteiger partial charge in [-0.25, -0.2) is 0 Å². The minimum atomic E-state index is 0.0326. The molecule has 0 spiro atoms. The van der Waals surface area contributed by atoms with Crippen molar-refractivity contribution >= 4 is 0 Å². The Morgan fingerprint density at radius 2 is 2.12 bits per heavy atom. The summed E-state index contributed by atoms with van der Waals surface area (Å²) < 4.78 is 5.14. The van der Waals surface area contributed by atoms with Crippen molar-refractivity contribution < 1.29 is 4.52 Å². The zero-order valence-corrected chi connectivity index (χ0v) is 9.47. The van der Waals surface area contributed by atoms with Gasteiger partial charge in [0.2, 0.25) is 11.7 Å². The van der Waals surface area contributed by atoms with E-state index in [-0.39, 0.29) is 6.04 Å². The van der Waals surface area contributed by atoms with Gasteiger partial charge in [0.05, 0.1) is 0 Å². The predicted octanol–water partition coefficient (Wildman–Crippen LogP) is 1.93. The zero-order chi connectivity index (χ0) is 11.5. The lowest BCUT2D eigenvalue weighted by Crippen LogP contribution is -2.17. The summed E-state index contributed by atoms with van der Waals surface area (Å²) in [6.07, 6.45) is 0.610.